The van der Waals surface area contributed by atoms with Crippen molar-refractivity contribution in [2.45, 2.75) is 0 Å². The predicted molar refractivity (Wildman–Crippen MR) is 125 cm³/mol. The Labute approximate surface area is 187 Å². The van der Waals surface area contributed by atoms with E-state index in [1.165, 1.54) is 18.4 Å². The highest BCUT2D eigenvalue weighted by molar-refractivity contribution is 7.17. The molecular weight excluding hydrogens is 428 g/mol. The van der Waals surface area contributed by atoms with E-state index in [-0.39, 0.29) is 11.5 Å². The Morgan fingerprint density at radius 3 is 2.44 bits per heavy atom. The number of carbonyl (C=O) groups excluding carboxylic acids is 1. The smallest absolute Gasteiger partial charge is 0.337 e. The van der Waals surface area contributed by atoms with E-state index < -0.39 is 0 Å². The van der Waals surface area contributed by atoms with Gasteiger partial charge in [0.05, 0.1) is 32.3 Å². The maximum Gasteiger partial charge on any atom is 0.337 e. The molecule has 2 aromatic heterocycles. The van der Waals surface area contributed by atoms with E-state index in [1.807, 2.05) is 29.7 Å². The van der Waals surface area contributed by atoms with Gasteiger partial charge >= 0.3 is 5.97 Å². The zero-order chi connectivity index (χ0) is 22.7. The third kappa shape index (κ3) is 4.13. The summed E-state index contributed by atoms with van der Waals surface area (Å²) in [5.41, 5.74) is 2.74. The van der Waals surface area contributed by atoms with Crippen LogP contribution in [0.5, 0.6) is 11.5 Å². The van der Waals surface area contributed by atoms with Crippen LogP contribution in [0.1, 0.15) is 21.7 Å². The molecule has 4 aromatic rings. The molecule has 1 N–H and O–H groups in total. The van der Waals surface area contributed by atoms with Crippen molar-refractivity contribution in [3.05, 3.63) is 75.1 Å². The van der Waals surface area contributed by atoms with Gasteiger partial charge in [-0.15, -0.1) is 11.3 Å². The minimum absolute atomic E-state index is 0.221. The first-order valence-electron chi connectivity index (χ1n) is 9.64. The van der Waals surface area contributed by atoms with Crippen LogP contribution in [0.4, 0.5) is 0 Å². The van der Waals surface area contributed by atoms with Gasteiger partial charge < -0.3 is 19.2 Å². The molecule has 0 radical (unpaired) electrons. The Hall–Kier alpha value is -3.91. The molecule has 0 saturated carbocycles. The summed E-state index contributed by atoms with van der Waals surface area (Å²) >= 11 is 1.40. The van der Waals surface area contributed by atoms with Crippen molar-refractivity contribution in [3.63, 3.8) is 0 Å². The number of nitrogens with zero attached hydrogens (tertiary/aromatic N) is 1. The van der Waals surface area contributed by atoms with Gasteiger partial charge in [0.2, 0.25) is 0 Å². The third-order valence-corrected chi connectivity index (χ3v) is 5.79. The van der Waals surface area contributed by atoms with Crippen molar-refractivity contribution >= 4 is 39.7 Å². The van der Waals surface area contributed by atoms with Crippen molar-refractivity contribution in [3.8, 4) is 22.6 Å². The number of benzene rings is 2. The van der Waals surface area contributed by atoms with E-state index in [1.54, 1.807) is 44.6 Å². The average Bonchev–Trinajstić information content (AvgIpc) is 3.26. The van der Waals surface area contributed by atoms with E-state index >= 15 is 0 Å². The van der Waals surface area contributed by atoms with Gasteiger partial charge in [-0.25, -0.2) is 9.78 Å². The molecule has 0 atom stereocenters. The van der Waals surface area contributed by atoms with E-state index in [2.05, 4.69) is 9.97 Å². The standard InChI is InChI=1S/C24H20N2O5S/c1-29-18-10-9-16(12-19(18)30-2)17-13-32-23-21(17)22(27)25-20(26-23)11-6-14-4-7-15(8-5-14)24(28)31-3/h4-13H,1-3H3,(H,25,26,27). The Morgan fingerprint density at radius 1 is 1.00 bits per heavy atom. The molecule has 2 aromatic carbocycles. The molecule has 0 unspecified atom stereocenters. The number of carbonyl (C=O) groups is 1. The zero-order valence-corrected chi connectivity index (χ0v) is 18.5. The molecule has 0 aliphatic heterocycles. The molecule has 8 heteroatoms. The monoisotopic (exact) mass is 448 g/mol. The number of methoxy groups -OCH3 is 3. The van der Waals surface area contributed by atoms with Gasteiger partial charge in [0.25, 0.3) is 5.56 Å². The fraction of sp³-hybridized carbons (Fsp3) is 0.125. The summed E-state index contributed by atoms with van der Waals surface area (Å²) < 4.78 is 15.4. The van der Waals surface area contributed by atoms with Crippen molar-refractivity contribution < 1.29 is 19.0 Å². The number of aromatic amines is 1. The molecule has 7 nitrogen and oxygen atoms in total. The van der Waals surface area contributed by atoms with Crippen LogP contribution in [0.15, 0.2) is 52.6 Å². The first-order chi connectivity index (χ1) is 15.5. The van der Waals surface area contributed by atoms with Crippen molar-refractivity contribution in [2.24, 2.45) is 0 Å². The minimum Gasteiger partial charge on any atom is -0.493 e. The molecule has 162 valence electrons. The quantitative estimate of drug-likeness (QED) is 0.433. The Morgan fingerprint density at radius 2 is 1.75 bits per heavy atom. The molecule has 0 spiro atoms. The van der Waals surface area contributed by atoms with E-state index in [0.29, 0.717) is 33.1 Å². The molecule has 0 amide bonds. The molecule has 0 aliphatic carbocycles. The topological polar surface area (TPSA) is 90.5 Å². The third-order valence-electron chi connectivity index (χ3n) is 4.92. The van der Waals surface area contributed by atoms with Gasteiger partial charge in [0.1, 0.15) is 10.7 Å². The highest BCUT2D eigenvalue weighted by atomic mass is 32.1. The Kier molecular flexibility index (Phi) is 6.04. The van der Waals surface area contributed by atoms with Crippen LogP contribution < -0.4 is 15.0 Å². The van der Waals surface area contributed by atoms with Crippen LogP contribution in [0, 0.1) is 0 Å². The van der Waals surface area contributed by atoms with Crippen molar-refractivity contribution in [2.75, 3.05) is 21.3 Å². The summed E-state index contributed by atoms with van der Waals surface area (Å²) in [7, 11) is 4.49. The first kappa shape index (κ1) is 21.3. The largest absolute Gasteiger partial charge is 0.493 e. The Balaban J connectivity index is 1.65. The highest BCUT2D eigenvalue weighted by Crippen LogP contribution is 2.36. The maximum atomic E-state index is 12.9. The van der Waals surface area contributed by atoms with Gasteiger partial charge in [-0.3, -0.25) is 4.79 Å². The molecule has 4 rings (SSSR count). The number of H-pyrrole nitrogens is 1. The fourth-order valence-electron chi connectivity index (χ4n) is 3.28. The van der Waals surface area contributed by atoms with Crippen LogP contribution in [0.25, 0.3) is 33.5 Å². The number of aromatic nitrogens is 2. The van der Waals surface area contributed by atoms with Gasteiger partial charge in [0.15, 0.2) is 11.5 Å². The second-order valence-corrected chi connectivity index (χ2v) is 7.66. The predicted octanol–water partition coefficient (Wildman–Crippen LogP) is 4.63. The summed E-state index contributed by atoms with van der Waals surface area (Å²) in [4.78, 5) is 32.4. The van der Waals surface area contributed by atoms with Crippen molar-refractivity contribution in [1.82, 2.24) is 9.97 Å². The second kappa shape index (κ2) is 9.07. The summed E-state index contributed by atoms with van der Waals surface area (Å²) in [5, 5.41) is 2.44. The Bertz CT molecular complexity index is 1370. The second-order valence-electron chi connectivity index (χ2n) is 6.80. The molecule has 0 aliphatic rings. The van der Waals surface area contributed by atoms with Crippen LogP contribution in [-0.2, 0) is 4.74 Å². The number of ether oxygens (including phenoxy) is 3. The lowest BCUT2D eigenvalue weighted by Gasteiger charge is -2.09. The summed E-state index contributed by atoms with van der Waals surface area (Å²) in [6, 6.07) is 12.5. The number of nitrogens with one attached hydrogen (secondary N) is 1. The molecule has 0 saturated heterocycles. The number of hydrogen-bond acceptors (Lipinski definition) is 7. The van der Waals surface area contributed by atoms with Gasteiger partial charge in [0, 0.05) is 10.9 Å². The van der Waals surface area contributed by atoms with Crippen LogP contribution >= 0.6 is 11.3 Å². The number of rotatable bonds is 6. The SMILES string of the molecule is COC(=O)c1ccc(C=Cc2nc3scc(-c4ccc(OC)c(OC)c4)c3c(=O)[nH]2)cc1. The zero-order valence-electron chi connectivity index (χ0n) is 17.7. The minimum atomic E-state index is -0.389. The number of esters is 1. The van der Waals surface area contributed by atoms with E-state index in [9.17, 15) is 9.59 Å². The van der Waals surface area contributed by atoms with Crippen LogP contribution in [-0.4, -0.2) is 37.3 Å². The lowest BCUT2D eigenvalue weighted by molar-refractivity contribution is 0.0600. The normalized spacial score (nSPS) is 11.1. The summed E-state index contributed by atoms with van der Waals surface area (Å²) in [5.74, 6) is 1.27. The van der Waals surface area contributed by atoms with Crippen LogP contribution in [0.3, 0.4) is 0 Å². The van der Waals surface area contributed by atoms with Crippen molar-refractivity contribution in [1.29, 1.82) is 0 Å². The molecule has 32 heavy (non-hydrogen) atoms. The summed E-state index contributed by atoms with van der Waals surface area (Å²) in [6.45, 7) is 0. The lowest BCUT2D eigenvalue weighted by Crippen LogP contribution is -2.09. The highest BCUT2D eigenvalue weighted by Gasteiger charge is 2.14. The molecule has 0 bridgehead atoms. The van der Waals surface area contributed by atoms with E-state index in [4.69, 9.17) is 14.2 Å². The molecule has 2 heterocycles. The van der Waals surface area contributed by atoms with Crippen LogP contribution in [0.2, 0.25) is 0 Å². The lowest BCUT2D eigenvalue weighted by atomic mass is 10.1. The number of fused-ring (bicyclic) bond motifs is 1. The average molecular weight is 449 g/mol. The fourth-order valence-corrected chi connectivity index (χ4v) is 4.24. The maximum absolute atomic E-state index is 12.9. The molecule has 0 fully saturated rings. The van der Waals surface area contributed by atoms with Gasteiger partial charge in [-0.1, -0.05) is 24.3 Å². The molecular formula is C24H20N2O5S. The van der Waals surface area contributed by atoms with E-state index in [0.717, 1.165) is 16.7 Å². The first-order valence-corrected chi connectivity index (χ1v) is 10.5. The van der Waals surface area contributed by atoms with Gasteiger partial charge in [-0.05, 0) is 41.5 Å². The number of thiophene rings is 1. The number of hydrogen-bond donors (Lipinski definition) is 1. The van der Waals surface area contributed by atoms with Gasteiger partial charge in [-0.2, -0.15) is 0 Å². The summed E-state index contributed by atoms with van der Waals surface area (Å²) in [6.07, 6.45) is 3.54.